The number of unbranched alkanes of at least 4 members (excludes halogenated alkanes) is 2. The van der Waals surface area contributed by atoms with Crippen molar-refractivity contribution in [3.8, 4) is 0 Å². The van der Waals surface area contributed by atoms with Crippen LogP contribution in [0.2, 0.25) is 0 Å². The Kier molecular flexibility index (Phi) is 8.07. The predicted octanol–water partition coefficient (Wildman–Crippen LogP) is 4.11. The van der Waals surface area contributed by atoms with E-state index in [2.05, 4.69) is 65.3 Å². The highest BCUT2D eigenvalue weighted by atomic mass is 16.5. The van der Waals surface area contributed by atoms with Crippen molar-refractivity contribution in [3.05, 3.63) is 71.8 Å². The molecule has 0 radical (unpaired) electrons. The summed E-state index contributed by atoms with van der Waals surface area (Å²) in [5.74, 6) is -0.0789. The maximum Gasteiger partial charge on any atom is 0.324 e. The molecular formula is C24H32N2O2. The monoisotopic (exact) mass is 380 g/mol. The molecule has 3 rings (SSSR count). The number of carbonyl (C=O) groups is 1. The number of nitrogens with zero attached hydrogens (tertiary/aromatic N) is 2. The molecule has 1 aliphatic rings. The lowest BCUT2D eigenvalue weighted by Crippen LogP contribution is -2.56. The summed E-state index contributed by atoms with van der Waals surface area (Å²) in [6.07, 6.45) is 3.18. The summed E-state index contributed by atoms with van der Waals surface area (Å²) in [5.41, 5.74) is 2.52. The van der Waals surface area contributed by atoms with Crippen LogP contribution in [0, 0.1) is 0 Å². The number of rotatable bonds is 9. The zero-order chi connectivity index (χ0) is 19.6. The maximum absolute atomic E-state index is 12.9. The van der Waals surface area contributed by atoms with Gasteiger partial charge in [-0.25, -0.2) is 0 Å². The van der Waals surface area contributed by atoms with Crippen molar-refractivity contribution >= 4 is 5.97 Å². The summed E-state index contributed by atoms with van der Waals surface area (Å²) in [6.45, 7) is 6.90. The lowest BCUT2D eigenvalue weighted by Gasteiger charge is -2.40. The lowest BCUT2D eigenvalue weighted by atomic mass is 10.1. The standard InChI is InChI=1S/C24H32N2O2/c1-2-3-10-17-28-24(27)23-20-25(18-21-11-6-4-7-12-21)15-16-26(23)19-22-13-8-5-9-14-22/h4-9,11-14,23H,2-3,10,15-20H2,1H3. The molecule has 0 spiro atoms. The number of hydrogen-bond acceptors (Lipinski definition) is 4. The molecule has 28 heavy (non-hydrogen) atoms. The van der Waals surface area contributed by atoms with E-state index in [9.17, 15) is 4.79 Å². The van der Waals surface area contributed by atoms with Crippen molar-refractivity contribution in [1.82, 2.24) is 9.80 Å². The molecule has 2 aromatic rings. The zero-order valence-corrected chi connectivity index (χ0v) is 16.9. The van der Waals surface area contributed by atoms with Gasteiger partial charge in [0, 0.05) is 32.7 Å². The molecule has 4 heteroatoms. The molecular weight excluding hydrogens is 348 g/mol. The molecule has 1 saturated heterocycles. The average molecular weight is 381 g/mol. The molecule has 1 unspecified atom stereocenters. The number of carbonyl (C=O) groups excluding carboxylic acids is 1. The van der Waals surface area contributed by atoms with Crippen LogP contribution in [0.1, 0.15) is 37.3 Å². The Morgan fingerprint density at radius 2 is 1.57 bits per heavy atom. The number of benzene rings is 2. The van der Waals surface area contributed by atoms with Gasteiger partial charge < -0.3 is 4.74 Å². The van der Waals surface area contributed by atoms with Gasteiger partial charge in [-0.05, 0) is 17.5 Å². The van der Waals surface area contributed by atoms with Crippen LogP contribution >= 0.6 is 0 Å². The number of piperazine rings is 1. The number of esters is 1. The molecule has 1 fully saturated rings. The van der Waals surface area contributed by atoms with Gasteiger partial charge in [-0.1, -0.05) is 80.4 Å². The predicted molar refractivity (Wildman–Crippen MR) is 113 cm³/mol. The summed E-state index contributed by atoms with van der Waals surface area (Å²) >= 11 is 0. The second kappa shape index (κ2) is 11.0. The Hall–Kier alpha value is -2.17. The summed E-state index contributed by atoms with van der Waals surface area (Å²) in [6, 6.07) is 20.7. The van der Waals surface area contributed by atoms with E-state index in [1.165, 1.54) is 11.1 Å². The number of ether oxygens (including phenoxy) is 1. The van der Waals surface area contributed by atoms with Gasteiger partial charge in [0.1, 0.15) is 6.04 Å². The second-order valence-electron chi connectivity index (χ2n) is 7.57. The van der Waals surface area contributed by atoms with Crippen LogP contribution in [0.3, 0.4) is 0 Å². The lowest BCUT2D eigenvalue weighted by molar-refractivity contribution is -0.153. The van der Waals surface area contributed by atoms with E-state index in [0.29, 0.717) is 13.2 Å². The van der Waals surface area contributed by atoms with E-state index in [-0.39, 0.29) is 12.0 Å². The normalized spacial score (nSPS) is 18.1. The van der Waals surface area contributed by atoms with E-state index < -0.39 is 0 Å². The van der Waals surface area contributed by atoms with Crippen molar-refractivity contribution < 1.29 is 9.53 Å². The molecule has 1 atom stereocenters. The second-order valence-corrected chi connectivity index (χ2v) is 7.57. The Morgan fingerprint density at radius 1 is 0.929 bits per heavy atom. The number of hydrogen-bond donors (Lipinski definition) is 0. The highest BCUT2D eigenvalue weighted by Crippen LogP contribution is 2.18. The Morgan fingerprint density at radius 3 is 2.21 bits per heavy atom. The Bertz CT molecular complexity index is 705. The van der Waals surface area contributed by atoms with Crippen LogP contribution in [0.4, 0.5) is 0 Å². The first-order valence-electron chi connectivity index (χ1n) is 10.5. The quantitative estimate of drug-likeness (QED) is 0.484. The minimum atomic E-state index is -0.209. The van der Waals surface area contributed by atoms with E-state index >= 15 is 0 Å². The third kappa shape index (κ3) is 6.18. The van der Waals surface area contributed by atoms with Gasteiger partial charge in [0.15, 0.2) is 0 Å². The van der Waals surface area contributed by atoms with Crippen LogP contribution < -0.4 is 0 Å². The minimum absolute atomic E-state index is 0.0789. The summed E-state index contributed by atoms with van der Waals surface area (Å²) in [5, 5.41) is 0. The van der Waals surface area contributed by atoms with E-state index in [4.69, 9.17) is 4.74 Å². The van der Waals surface area contributed by atoms with Crippen LogP contribution in [0.25, 0.3) is 0 Å². The summed E-state index contributed by atoms with van der Waals surface area (Å²) < 4.78 is 5.64. The SMILES string of the molecule is CCCCCOC(=O)C1CN(Cc2ccccc2)CCN1Cc1ccccc1. The van der Waals surface area contributed by atoms with Crippen molar-refractivity contribution in [2.45, 2.75) is 45.3 Å². The molecule has 4 nitrogen and oxygen atoms in total. The highest BCUT2D eigenvalue weighted by molar-refractivity contribution is 5.76. The molecule has 0 saturated carbocycles. The third-order valence-electron chi connectivity index (χ3n) is 5.32. The van der Waals surface area contributed by atoms with Crippen LogP contribution in [-0.4, -0.2) is 48.1 Å². The van der Waals surface area contributed by atoms with Crippen molar-refractivity contribution in [3.63, 3.8) is 0 Å². The zero-order valence-electron chi connectivity index (χ0n) is 16.9. The minimum Gasteiger partial charge on any atom is -0.464 e. The average Bonchev–Trinajstić information content (AvgIpc) is 2.74. The molecule has 0 aromatic heterocycles. The fourth-order valence-corrected chi connectivity index (χ4v) is 3.71. The molecule has 0 bridgehead atoms. The molecule has 0 aliphatic carbocycles. The van der Waals surface area contributed by atoms with E-state index in [1.807, 2.05) is 12.1 Å². The first kappa shape index (κ1) is 20.6. The Labute approximate surface area is 169 Å². The van der Waals surface area contributed by atoms with Crippen LogP contribution in [-0.2, 0) is 22.6 Å². The van der Waals surface area contributed by atoms with Crippen molar-refractivity contribution in [1.29, 1.82) is 0 Å². The van der Waals surface area contributed by atoms with Gasteiger partial charge in [-0.15, -0.1) is 0 Å². The largest absolute Gasteiger partial charge is 0.464 e. The topological polar surface area (TPSA) is 32.8 Å². The molecule has 2 aromatic carbocycles. The van der Waals surface area contributed by atoms with Gasteiger partial charge in [0.05, 0.1) is 6.61 Å². The van der Waals surface area contributed by atoms with Gasteiger partial charge in [-0.3, -0.25) is 14.6 Å². The van der Waals surface area contributed by atoms with Gasteiger partial charge >= 0.3 is 5.97 Å². The first-order chi connectivity index (χ1) is 13.8. The maximum atomic E-state index is 12.9. The fourth-order valence-electron chi connectivity index (χ4n) is 3.71. The first-order valence-corrected chi connectivity index (χ1v) is 10.5. The van der Waals surface area contributed by atoms with Crippen LogP contribution in [0.5, 0.6) is 0 Å². The third-order valence-corrected chi connectivity index (χ3v) is 5.32. The summed E-state index contributed by atoms with van der Waals surface area (Å²) in [7, 11) is 0. The van der Waals surface area contributed by atoms with E-state index in [1.54, 1.807) is 0 Å². The van der Waals surface area contributed by atoms with Gasteiger partial charge in [0.25, 0.3) is 0 Å². The Balaban J connectivity index is 1.64. The van der Waals surface area contributed by atoms with E-state index in [0.717, 1.165) is 45.4 Å². The molecule has 0 N–H and O–H groups in total. The fraction of sp³-hybridized carbons (Fsp3) is 0.458. The van der Waals surface area contributed by atoms with Gasteiger partial charge in [-0.2, -0.15) is 0 Å². The molecule has 1 aliphatic heterocycles. The molecule has 1 heterocycles. The molecule has 0 amide bonds. The van der Waals surface area contributed by atoms with Crippen molar-refractivity contribution in [2.24, 2.45) is 0 Å². The summed E-state index contributed by atoms with van der Waals surface area (Å²) in [4.78, 5) is 17.5. The highest BCUT2D eigenvalue weighted by Gasteiger charge is 2.33. The van der Waals surface area contributed by atoms with Gasteiger partial charge in [0.2, 0.25) is 0 Å². The van der Waals surface area contributed by atoms with Crippen molar-refractivity contribution in [2.75, 3.05) is 26.2 Å². The smallest absolute Gasteiger partial charge is 0.324 e. The molecule has 150 valence electrons. The van der Waals surface area contributed by atoms with Crippen LogP contribution in [0.15, 0.2) is 60.7 Å².